The fourth-order valence-electron chi connectivity index (χ4n) is 4.91. The second-order valence-corrected chi connectivity index (χ2v) is 12.5. The number of nitrogens with zero attached hydrogens (tertiary/aromatic N) is 6. The summed E-state index contributed by atoms with van der Waals surface area (Å²) in [5.41, 5.74) is 2.46. The van der Waals surface area contributed by atoms with Crippen LogP contribution < -0.4 is 5.32 Å². The van der Waals surface area contributed by atoms with E-state index in [4.69, 9.17) is 36.2 Å². The molecule has 7 rings (SSSR count). The summed E-state index contributed by atoms with van der Waals surface area (Å²) in [6.07, 6.45) is 11.4. The van der Waals surface area contributed by atoms with Crippen molar-refractivity contribution in [1.82, 2.24) is 35.2 Å². The van der Waals surface area contributed by atoms with Crippen LogP contribution in [0.25, 0.3) is 57.7 Å². The Labute approximate surface area is 289 Å². The molecule has 0 aromatic carbocycles. The molecule has 0 saturated carbocycles. The maximum atomic E-state index is 13.5. The number of hydrogen-bond acceptors (Lipinski definition) is 15. The van der Waals surface area contributed by atoms with Crippen molar-refractivity contribution in [3.63, 3.8) is 0 Å². The minimum Gasteiger partial charge on any atom is -0.459 e. The number of amides is 1. The summed E-state index contributed by atoms with van der Waals surface area (Å²) in [5.74, 6) is 3.77. The quantitative estimate of drug-likeness (QED) is 0.164. The minimum absolute atomic E-state index is 0.0484. The van der Waals surface area contributed by atoms with Gasteiger partial charge in [-0.15, -0.1) is 0 Å². The summed E-state index contributed by atoms with van der Waals surface area (Å²) in [4.78, 5) is 40.7. The first kappa shape index (κ1) is 32.9. The van der Waals surface area contributed by atoms with Crippen LogP contribution in [0.1, 0.15) is 86.7 Å². The van der Waals surface area contributed by atoms with E-state index in [1.165, 1.54) is 31.3 Å². The highest BCUT2D eigenvalue weighted by atomic mass is 32.2. The van der Waals surface area contributed by atoms with E-state index in [1.807, 2.05) is 26.8 Å². The van der Waals surface area contributed by atoms with Gasteiger partial charge in [-0.3, -0.25) is 4.79 Å². The van der Waals surface area contributed by atoms with Crippen LogP contribution in [0.15, 0.2) is 69.7 Å². The number of ether oxygens (including phenoxy) is 1. The van der Waals surface area contributed by atoms with Crippen LogP contribution >= 0.6 is 11.8 Å². The molecule has 1 unspecified atom stereocenters. The van der Waals surface area contributed by atoms with Crippen molar-refractivity contribution in [2.45, 2.75) is 59.9 Å². The molecule has 1 amide bonds. The fraction of sp³-hybridized carbons (Fsp3) is 0.324. The smallest absolute Gasteiger partial charge is 0.273 e. The molecule has 6 aromatic heterocycles. The van der Waals surface area contributed by atoms with Gasteiger partial charge in [0.15, 0.2) is 34.2 Å². The molecule has 12 bridgehead atoms. The molecule has 1 N–H and O–H groups in total. The van der Waals surface area contributed by atoms with E-state index in [-0.39, 0.29) is 35.0 Å². The molecule has 0 radical (unpaired) electrons. The maximum absolute atomic E-state index is 13.5. The summed E-state index contributed by atoms with van der Waals surface area (Å²) in [5, 5.41) is 3.02. The largest absolute Gasteiger partial charge is 0.459 e. The molecule has 6 aromatic rings. The van der Waals surface area contributed by atoms with Crippen molar-refractivity contribution in [2.75, 3.05) is 11.5 Å². The number of aromatic nitrogens is 6. The first-order valence-electron chi connectivity index (χ1n) is 16.0. The SMILES string of the molecule is CCC/C=C1/O/C(C)=C(\C)c2nc(co2)-c2nc(co2)-c2nc(co2)-c2nc(co2)-c2nc(co2)C(=O)NC(CSCCC)c2nc1c(C)o2. The van der Waals surface area contributed by atoms with Gasteiger partial charge in [-0.25, -0.2) is 29.9 Å². The zero-order valence-corrected chi connectivity index (χ0v) is 28.8. The molecule has 1 atom stereocenters. The average molecular weight is 700 g/mol. The van der Waals surface area contributed by atoms with E-state index < -0.39 is 11.9 Å². The third-order valence-electron chi connectivity index (χ3n) is 7.64. The highest BCUT2D eigenvalue weighted by molar-refractivity contribution is 7.99. The highest BCUT2D eigenvalue weighted by Crippen LogP contribution is 2.32. The van der Waals surface area contributed by atoms with Gasteiger partial charge in [-0.1, -0.05) is 20.3 Å². The summed E-state index contributed by atoms with van der Waals surface area (Å²) in [7, 11) is 0. The first-order valence-corrected chi connectivity index (χ1v) is 17.2. The number of allylic oxidation sites excluding steroid dienone is 3. The van der Waals surface area contributed by atoms with Crippen molar-refractivity contribution in [2.24, 2.45) is 0 Å². The number of unbranched alkanes of at least 4 members (excludes halogenated alkanes) is 1. The van der Waals surface area contributed by atoms with E-state index in [9.17, 15) is 4.79 Å². The highest BCUT2D eigenvalue weighted by Gasteiger charge is 2.27. The Morgan fingerprint density at radius 3 is 1.80 bits per heavy atom. The van der Waals surface area contributed by atoms with Gasteiger partial charge >= 0.3 is 0 Å². The lowest BCUT2D eigenvalue weighted by Gasteiger charge is -2.14. The van der Waals surface area contributed by atoms with E-state index in [0.29, 0.717) is 63.2 Å². The zero-order valence-electron chi connectivity index (χ0n) is 27.9. The van der Waals surface area contributed by atoms with Crippen molar-refractivity contribution in [3.05, 3.63) is 72.1 Å². The second kappa shape index (κ2) is 14.1. The molecular formula is C34H33N7O8S. The standard InChI is InChI=1S/C34H33N7O8S/c1-6-8-9-26-27-19(5)49-34(41-27)25(16-50-10-7-2)35-28(42)20-11-44-30(36-20)22-13-46-32(38-22)24-15-47-33(40-24)23-14-45-31(39-23)21-12-43-29(37-21)17(3)18(4)48-26/h9,11-15,25H,6-8,10,16H2,1-5H3,(H,35,42)/b18-17+,26-9+. The van der Waals surface area contributed by atoms with Gasteiger partial charge in [-0.05, 0) is 45.4 Å². The maximum Gasteiger partial charge on any atom is 0.273 e. The molecular weight excluding hydrogens is 666 g/mol. The molecule has 258 valence electrons. The fourth-order valence-corrected chi connectivity index (χ4v) is 5.83. The van der Waals surface area contributed by atoms with Crippen LogP contribution in [0.5, 0.6) is 0 Å². The molecule has 0 saturated heterocycles. The number of oxazole rings is 6. The number of fused-ring (bicyclic) bond motifs is 16. The van der Waals surface area contributed by atoms with Gasteiger partial charge in [-0.2, -0.15) is 11.8 Å². The van der Waals surface area contributed by atoms with E-state index >= 15 is 0 Å². The lowest BCUT2D eigenvalue weighted by Crippen LogP contribution is -2.30. The first-order chi connectivity index (χ1) is 24.3. The Morgan fingerprint density at radius 2 is 1.24 bits per heavy atom. The molecule has 0 fully saturated rings. The molecule has 1 aliphatic heterocycles. The Kier molecular flexibility index (Phi) is 9.25. The Hall–Kier alpha value is -5.64. The third-order valence-corrected chi connectivity index (χ3v) is 8.91. The Bertz CT molecular complexity index is 2200. The minimum atomic E-state index is -0.576. The van der Waals surface area contributed by atoms with E-state index in [0.717, 1.165) is 25.0 Å². The summed E-state index contributed by atoms with van der Waals surface area (Å²) in [6.45, 7) is 9.64. The van der Waals surface area contributed by atoms with Crippen molar-refractivity contribution in [1.29, 1.82) is 0 Å². The second-order valence-electron chi connectivity index (χ2n) is 11.4. The van der Waals surface area contributed by atoms with Crippen molar-refractivity contribution >= 4 is 29.0 Å². The Morgan fingerprint density at radius 1 is 0.720 bits per heavy atom. The topological polar surface area (TPSA) is 195 Å². The third kappa shape index (κ3) is 6.65. The van der Waals surface area contributed by atoms with Crippen LogP contribution in [0.4, 0.5) is 0 Å². The summed E-state index contributed by atoms with van der Waals surface area (Å²) >= 11 is 1.67. The van der Waals surface area contributed by atoms with Crippen molar-refractivity contribution < 1.29 is 36.0 Å². The zero-order chi connectivity index (χ0) is 34.8. The average Bonchev–Trinajstić information content (AvgIpc) is 3.96. The molecule has 0 spiro atoms. The molecule has 50 heavy (non-hydrogen) atoms. The number of carbonyl (C=O) groups is 1. The predicted molar refractivity (Wildman–Crippen MR) is 180 cm³/mol. The lowest BCUT2D eigenvalue weighted by atomic mass is 10.2. The molecule has 0 aliphatic carbocycles. The normalized spacial score (nSPS) is 17.3. The number of aryl methyl sites for hydroxylation is 1. The molecule has 16 heteroatoms. The predicted octanol–water partition coefficient (Wildman–Crippen LogP) is 8.13. The molecule has 15 nitrogen and oxygen atoms in total. The van der Waals surface area contributed by atoms with Crippen LogP contribution in [-0.4, -0.2) is 47.3 Å². The molecule has 1 aliphatic rings. The van der Waals surface area contributed by atoms with Gasteiger partial charge in [0.2, 0.25) is 35.3 Å². The van der Waals surface area contributed by atoms with Crippen LogP contribution in [0.2, 0.25) is 0 Å². The van der Waals surface area contributed by atoms with E-state index in [1.54, 1.807) is 11.8 Å². The molecule has 7 heterocycles. The van der Waals surface area contributed by atoms with Crippen LogP contribution in [0, 0.1) is 6.92 Å². The summed E-state index contributed by atoms with van der Waals surface area (Å²) in [6, 6.07) is -0.576. The van der Waals surface area contributed by atoms with Crippen LogP contribution in [-0.2, 0) is 4.74 Å². The van der Waals surface area contributed by atoms with Crippen molar-refractivity contribution in [3.8, 4) is 46.3 Å². The van der Waals surface area contributed by atoms with Gasteiger partial charge < -0.3 is 36.6 Å². The number of hydrogen-bond donors (Lipinski definition) is 1. The number of rotatable bonds is 6. The number of carbonyl (C=O) groups excluding carboxylic acids is 1. The summed E-state index contributed by atoms with van der Waals surface area (Å²) < 4.78 is 41.0. The van der Waals surface area contributed by atoms with Crippen LogP contribution in [0.3, 0.4) is 0 Å². The van der Waals surface area contributed by atoms with Gasteiger partial charge in [0, 0.05) is 11.3 Å². The number of nitrogens with one attached hydrogen (secondary N) is 1. The lowest BCUT2D eigenvalue weighted by molar-refractivity contribution is 0.0929. The van der Waals surface area contributed by atoms with Gasteiger partial charge in [0.1, 0.15) is 54.6 Å². The monoisotopic (exact) mass is 699 g/mol. The number of thioether (sulfide) groups is 1. The Balaban J connectivity index is 1.30. The van der Waals surface area contributed by atoms with Gasteiger partial charge in [0.25, 0.3) is 5.91 Å². The van der Waals surface area contributed by atoms with E-state index in [2.05, 4.69) is 44.1 Å². The van der Waals surface area contributed by atoms with Gasteiger partial charge in [0.05, 0.1) is 0 Å².